The molecule has 0 heterocycles. The van der Waals surface area contributed by atoms with Crippen LogP contribution in [-0.2, 0) is 16.6 Å². The Bertz CT molecular complexity index is 804. The van der Waals surface area contributed by atoms with Gasteiger partial charge in [-0.05, 0) is 30.3 Å². The SMILES string of the molecule is CN(c1ccc(C(=O)NCc2ccccc2F)cc1)S(C)(=O)=O. The molecule has 5 nitrogen and oxygen atoms in total. The van der Waals surface area contributed by atoms with E-state index in [4.69, 9.17) is 0 Å². The zero-order chi connectivity index (χ0) is 17.0. The summed E-state index contributed by atoms with van der Waals surface area (Å²) >= 11 is 0. The number of benzene rings is 2. The summed E-state index contributed by atoms with van der Waals surface area (Å²) in [7, 11) is -1.92. The molecule has 0 unspecified atom stereocenters. The number of hydrogen-bond donors (Lipinski definition) is 1. The van der Waals surface area contributed by atoms with Crippen LogP contribution >= 0.6 is 0 Å². The second-order valence-electron chi connectivity index (χ2n) is 5.05. The number of anilines is 1. The second-order valence-corrected chi connectivity index (χ2v) is 7.07. The minimum atomic E-state index is -3.35. The van der Waals surface area contributed by atoms with E-state index in [1.807, 2.05) is 0 Å². The van der Waals surface area contributed by atoms with Crippen LogP contribution in [0.5, 0.6) is 0 Å². The Kier molecular flexibility index (Phi) is 5.00. The minimum Gasteiger partial charge on any atom is -0.348 e. The summed E-state index contributed by atoms with van der Waals surface area (Å²) < 4.78 is 37.5. The number of sulfonamides is 1. The third-order valence-corrected chi connectivity index (χ3v) is 4.59. The van der Waals surface area contributed by atoms with Crippen molar-refractivity contribution in [1.82, 2.24) is 5.32 Å². The van der Waals surface area contributed by atoms with Crippen molar-refractivity contribution in [2.24, 2.45) is 0 Å². The van der Waals surface area contributed by atoms with Gasteiger partial charge in [0.05, 0.1) is 11.9 Å². The van der Waals surface area contributed by atoms with Crippen molar-refractivity contribution in [2.75, 3.05) is 17.6 Å². The van der Waals surface area contributed by atoms with Crippen LogP contribution in [0, 0.1) is 5.82 Å². The third-order valence-electron chi connectivity index (χ3n) is 3.39. The average Bonchev–Trinajstić information content (AvgIpc) is 2.52. The highest BCUT2D eigenvalue weighted by Gasteiger charge is 2.13. The summed E-state index contributed by atoms with van der Waals surface area (Å²) in [6, 6.07) is 12.3. The lowest BCUT2D eigenvalue weighted by molar-refractivity contribution is 0.0950. The molecular weight excluding hydrogens is 319 g/mol. The lowest BCUT2D eigenvalue weighted by Crippen LogP contribution is -2.25. The number of hydrogen-bond acceptors (Lipinski definition) is 3. The molecule has 0 bridgehead atoms. The van der Waals surface area contributed by atoms with Crippen LogP contribution in [0.25, 0.3) is 0 Å². The van der Waals surface area contributed by atoms with Gasteiger partial charge in [0, 0.05) is 24.7 Å². The maximum atomic E-state index is 13.5. The first-order chi connectivity index (χ1) is 10.8. The summed E-state index contributed by atoms with van der Waals surface area (Å²) in [5.74, 6) is -0.736. The number of halogens is 1. The molecule has 0 saturated carbocycles. The van der Waals surface area contributed by atoms with Crippen LogP contribution in [0.2, 0.25) is 0 Å². The van der Waals surface area contributed by atoms with Crippen LogP contribution in [0.15, 0.2) is 48.5 Å². The molecule has 7 heteroatoms. The van der Waals surface area contributed by atoms with E-state index in [-0.39, 0.29) is 18.3 Å². The summed E-state index contributed by atoms with van der Waals surface area (Å²) in [5.41, 5.74) is 1.22. The van der Waals surface area contributed by atoms with Gasteiger partial charge in [0.1, 0.15) is 5.82 Å². The molecule has 0 spiro atoms. The van der Waals surface area contributed by atoms with E-state index in [0.717, 1.165) is 10.6 Å². The molecule has 23 heavy (non-hydrogen) atoms. The van der Waals surface area contributed by atoms with Gasteiger partial charge < -0.3 is 5.32 Å². The summed E-state index contributed by atoms with van der Waals surface area (Å²) in [5, 5.41) is 2.62. The lowest BCUT2D eigenvalue weighted by atomic mass is 10.1. The molecular formula is C16H17FN2O3S. The van der Waals surface area contributed by atoms with Crippen molar-refractivity contribution in [3.05, 3.63) is 65.5 Å². The Morgan fingerprint density at radius 1 is 1.13 bits per heavy atom. The zero-order valence-corrected chi connectivity index (χ0v) is 13.6. The van der Waals surface area contributed by atoms with E-state index < -0.39 is 10.0 Å². The van der Waals surface area contributed by atoms with Crippen LogP contribution in [0.1, 0.15) is 15.9 Å². The van der Waals surface area contributed by atoms with Crippen LogP contribution in [0.3, 0.4) is 0 Å². The van der Waals surface area contributed by atoms with E-state index in [2.05, 4.69) is 5.32 Å². The van der Waals surface area contributed by atoms with Crippen molar-refractivity contribution in [2.45, 2.75) is 6.54 Å². The van der Waals surface area contributed by atoms with Gasteiger partial charge >= 0.3 is 0 Å². The number of nitrogens with one attached hydrogen (secondary N) is 1. The molecule has 0 aliphatic carbocycles. The quantitative estimate of drug-likeness (QED) is 0.910. The molecule has 0 saturated heterocycles. The van der Waals surface area contributed by atoms with Crippen molar-refractivity contribution < 1.29 is 17.6 Å². The Morgan fingerprint density at radius 3 is 2.30 bits per heavy atom. The number of carbonyl (C=O) groups is 1. The molecule has 0 aliphatic heterocycles. The Balaban J connectivity index is 2.05. The van der Waals surface area contributed by atoms with E-state index in [1.54, 1.807) is 30.3 Å². The molecule has 0 aliphatic rings. The summed E-state index contributed by atoms with van der Waals surface area (Å²) in [6.07, 6.45) is 1.10. The van der Waals surface area contributed by atoms with E-state index >= 15 is 0 Å². The van der Waals surface area contributed by atoms with Gasteiger partial charge in [0.25, 0.3) is 5.91 Å². The van der Waals surface area contributed by atoms with Gasteiger partial charge in [0.2, 0.25) is 10.0 Å². The van der Waals surface area contributed by atoms with E-state index in [1.165, 1.54) is 25.2 Å². The molecule has 2 rings (SSSR count). The van der Waals surface area contributed by atoms with Crippen molar-refractivity contribution in [3.63, 3.8) is 0 Å². The molecule has 1 amide bonds. The normalized spacial score (nSPS) is 11.1. The van der Waals surface area contributed by atoms with E-state index in [9.17, 15) is 17.6 Å². The van der Waals surface area contributed by atoms with E-state index in [0.29, 0.717) is 16.8 Å². The number of rotatable bonds is 5. The highest BCUT2D eigenvalue weighted by Crippen LogP contribution is 2.16. The van der Waals surface area contributed by atoms with Crippen molar-refractivity contribution >= 4 is 21.6 Å². The van der Waals surface area contributed by atoms with Gasteiger partial charge in [-0.1, -0.05) is 18.2 Å². The molecule has 0 aromatic heterocycles. The van der Waals surface area contributed by atoms with Gasteiger partial charge in [0.15, 0.2) is 0 Å². The highest BCUT2D eigenvalue weighted by molar-refractivity contribution is 7.92. The molecule has 122 valence electrons. The highest BCUT2D eigenvalue weighted by atomic mass is 32.2. The standard InChI is InChI=1S/C16H17FN2O3S/c1-19(23(2,21)22)14-9-7-12(8-10-14)16(20)18-11-13-5-3-4-6-15(13)17/h3-10H,11H2,1-2H3,(H,18,20). The predicted octanol–water partition coefficient (Wildman–Crippen LogP) is 2.15. The number of nitrogens with zero attached hydrogens (tertiary/aromatic N) is 1. The first kappa shape index (κ1) is 17.0. The molecule has 0 atom stereocenters. The zero-order valence-electron chi connectivity index (χ0n) is 12.8. The van der Waals surface area contributed by atoms with Gasteiger partial charge in [-0.3, -0.25) is 9.10 Å². The van der Waals surface area contributed by atoms with Crippen molar-refractivity contribution in [1.29, 1.82) is 0 Å². The van der Waals surface area contributed by atoms with Crippen LogP contribution in [0.4, 0.5) is 10.1 Å². The molecule has 2 aromatic rings. The molecule has 0 fully saturated rings. The second kappa shape index (κ2) is 6.78. The third kappa shape index (κ3) is 4.29. The first-order valence-corrected chi connectivity index (χ1v) is 8.69. The fourth-order valence-corrected chi connectivity index (χ4v) is 2.44. The molecule has 0 radical (unpaired) electrons. The van der Waals surface area contributed by atoms with Crippen molar-refractivity contribution in [3.8, 4) is 0 Å². The monoisotopic (exact) mass is 336 g/mol. The smallest absolute Gasteiger partial charge is 0.251 e. The fourth-order valence-electron chi connectivity index (χ4n) is 1.93. The fraction of sp³-hybridized carbons (Fsp3) is 0.188. The number of amides is 1. The molecule has 1 N–H and O–H groups in total. The predicted molar refractivity (Wildman–Crippen MR) is 87.3 cm³/mol. The topological polar surface area (TPSA) is 66.5 Å². The largest absolute Gasteiger partial charge is 0.348 e. The Labute approximate surface area is 134 Å². The van der Waals surface area contributed by atoms with Crippen LogP contribution < -0.4 is 9.62 Å². The van der Waals surface area contributed by atoms with Gasteiger partial charge in [-0.15, -0.1) is 0 Å². The number of carbonyl (C=O) groups excluding carboxylic acids is 1. The van der Waals surface area contributed by atoms with Gasteiger partial charge in [-0.2, -0.15) is 0 Å². The first-order valence-electron chi connectivity index (χ1n) is 6.84. The van der Waals surface area contributed by atoms with Gasteiger partial charge in [-0.25, -0.2) is 12.8 Å². The summed E-state index contributed by atoms with van der Waals surface area (Å²) in [6.45, 7) is 0.0799. The van der Waals surface area contributed by atoms with Crippen LogP contribution in [-0.4, -0.2) is 27.6 Å². The Morgan fingerprint density at radius 2 is 1.74 bits per heavy atom. The average molecular weight is 336 g/mol. The maximum Gasteiger partial charge on any atom is 0.251 e. The maximum absolute atomic E-state index is 13.5. The molecule has 2 aromatic carbocycles. The summed E-state index contributed by atoms with van der Waals surface area (Å²) in [4.78, 5) is 12.0. The Hall–Kier alpha value is -2.41. The lowest BCUT2D eigenvalue weighted by Gasteiger charge is -2.16. The minimum absolute atomic E-state index is 0.0799.